The van der Waals surface area contributed by atoms with Crippen molar-refractivity contribution < 1.29 is 0 Å². The lowest BCUT2D eigenvalue weighted by Gasteiger charge is -2.30. The zero-order valence-corrected chi connectivity index (χ0v) is 12.1. The van der Waals surface area contributed by atoms with Crippen molar-refractivity contribution in [1.29, 1.82) is 0 Å². The van der Waals surface area contributed by atoms with Gasteiger partial charge in [-0.05, 0) is 43.5 Å². The van der Waals surface area contributed by atoms with Crippen LogP contribution in [0.25, 0.3) is 0 Å². The molecule has 0 aromatic heterocycles. The van der Waals surface area contributed by atoms with E-state index in [2.05, 4.69) is 72.2 Å². The summed E-state index contributed by atoms with van der Waals surface area (Å²) in [7, 11) is 0. The van der Waals surface area contributed by atoms with E-state index in [0.29, 0.717) is 12.2 Å². The van der Waals surface area contributed by atoms with Crippen molar-refractivity contribution in [2.75, 3.05) is 16.3 Å². The van der Waals surface area contributed by atoms with Crippen molar-refractivity contribution in [1.82, 2.24) is 0 Å². The Bertz CT molecular complexity index is 647. The Hall–Kier alpha value is -1.96. The van der Waals surface area contributed by atoms with E-state index in [0.717, 1.165) is 13.0 Å². The van der Waals surface area contributed by atoms with Crippen LogP contribution in [0.1, 0.15) is 18.1 Å². The molecule has 2 aliphatic heterocycles. The van der Waals surface area contributed by atoms with Crippen LogP contribution in [0.5, 0.6) is 0 Å². The topological polar surface area (TPSA) is 6.48 Å². The van der Waals surface area contributed by atoms with Crippen molar-refractivity contribution in [2.45, 2.75) is 32.5 Å². The molecule has 2 aliphatic rings. The molecule has 2 aromatic rings. The number of rotatable bonds is 1. The molecule has 0 radical (unpaired) electrons. The number of benzene rings is 2. The van der Waals surface area contributed by atoms with Gasteiger partial charge in [-0.1, -0.05) is 36.4 Å². The maximum absolute atomic E-state index is 2.61. The van der Waals surface area contributed by atoms with Crippen molar-refractivity contribution >= 4 is 11.4 Å². The van der Waals surface area contributed by atoms with Gasteiger partial charge in [0.2, 0.25) is 0 Å². The quantitative estimate of drug-likeness (QED) is 0.776. The SMILES string of the molecule is Cc1ccccc1N1C2Cc3ccccc3N(C2)C1C. The zero-order chi connectivity index (χ0) is 13.7. The predicted octanol–water partition coefficient (Wildman–Crippen LogP) is 3.59. The molecule has 102 valence electrons. The maximum atomic E-state index is 2.61. The van der Waals surface area contributed by atoms with Crippen molar-refractivity contribution in [3.8, 4) is 0 Å². The Balaban J connectivity index is 1.79. The van der Waals surface area contributed by atoms with Gasteiger partial charge < -0.3 is 9.80 Å². The minimum Gasteiger partial charge on any atom is -0.349 e. The third-order valence-corrected chi connectivity index (χ3v) is 4.80. The summed E-state index contributed by atoms with van der Waals surface area (Å²) in [5.41, 5.74) is 5.68. The van der Waals surface area contributed by atoms with Crippen LogP contribution >= 0.6 is 0 Å². The summed E-state index contributed by atoms with van der Waals surface area (Å²) in [6, 6.07) is 18.2. The smallest absolute Gasteiger partial charge is 0.0991 e. The average Bonchev–Trinajstić information content (AvgIpc) is 2.73. The molecule has 0 N–H and O–H groups in total. The van der Waals surface area contributed by atoms with Crippen LogP contribution in [-0.4, -0.2) is 18.8 Å². The number of aryl methyl sites for hydroxylation is 1. The Kier molecular flexibility index (Phi) is 2.53. The fourth-order valence-electron chi connectivity index (χ4n) is 3.85. The second-order valence-electron chi connectivity index (χ2n) is 5.96. The lowest BCUT2D eigenvalue weighted by Crippen LogP contribution is -2.38. The summed E-state index contributed by atoms with van der Waals surface area (Å²) < 4.78 is 0. The van der Waals surface area contributed by atoms with E-state index in [-0.39, 0.29) is 0 Å². The van der Waals surface area contributed by atoms with Crippen LogP contribution in [0.15, 0.2) is 48.5 Å². The van der Waals surface area contributed by atoms with Gasteiger partial charge in [-0.2, -0.15) is 0 Å². The average molecular weight is 264 g/mol. The second-order valence-corrected chi connectivity index (χ2v) is 5.96. The van der Waals surface area contributed by atoms with Gasteiger partial charge in [0.15, 0.2) is 0 Å². The van der Waals surface area contributed by atoms with Crippen molar-refractivity contribution in [3.05, 3.63) is 59.7 Å². The van der Waals surface area contributed by atoms with Crippen LogP contribution in [0.2, 0.25) is 0 Å². The Labute approximate surface area is 120 Å². The minimum absolute atomic E-state index is 0.435. The van der Waals surface area contributed by atoms with Crippen molar-refractivity contribution in [2.24, 2.45) is 0 Å². The first kappa shape index (κ1) is 11.8. The second kappa shape index (κ2) is 4.27. The molecule has 2 unspecified atom stereocenters. The minimum atomic E-state index is 0.435. The molecule has 1 saturated heterocycles. The molecule has 0 spiro atoms. The summed E-state index contributed by atoms with van der Waals surface area (Å²) >= 11 is 0. The molecule has 2 heteroatoms. The van der Waals surface area contributed by atoms with Gasteiger partial charge in [-0.15, -0.1) is 0 Å². The van der Waals surface area contributed by atoms with E-state index in [1.54, 1.807) is 0 Å². The molecule has 2 bridgehead atoms. The zero-order valence-electron chi connectivity index (χ0n) is 12.1. The number of fused-ring (bicyclic) bond motifs is 4. The molecule has 0 aliphatic carbocycles. The van der Waals surface area contributed by atoms with Crippen LogP contribution < -0.4 is 9.80 Å². The normalized spacial score (nSPS) is 23.9. The molecule has 2 atom stereocenters. The summed E-state index contributed by atoms with van der Waals surface area (Å²) in [5.74, 6) is 0. The summed E-state index contributed by atoms with van der Waals surface area (Å²) in [5, 5.41) is 0. The number of hydrogen-bond acceptors (Lipinski definition) is 2. The van der Waals surface area contributed by atoms with E-state index in [9.17, 15) is 0 Å². The Morgan fingerprint density at radius 1 is 0.950 bits per heavy atom. The van der Waals surface area contributed by atoms with E-state index < -0.39 is 0 Å². The molecule has 2 aromatic carbocycles. The molecule has 2 heterocycles. The fraction of sp³-hybridized carbons (Fsp3) is 0.333. The fourth-order valence-corrected chi connectivity index (χ4v) is 3.85. The molecule has 2 nitrogen and oxygen atoms in total. The molecule has 1 fully saturated rings. The summed E-state index contributed by atoms with van der Waals surface area (Å²) in [4.78, 5) is 5.16. The predicted molar refractivity (Wildman–Crippen MR) is 84.4 cm³/mol. The first-order valence-electron chi connectivity index (χ1n) is 7.44. The summed E-state index contributed by atoms with van der Waals surface area (Å²) in [6.45, 7) is 5.69. The summed E-state index contributed by atoms with van der Waals surface area (Å²) in [6.07, 6.45) is 1.59. The van der Waals surface area contributed by atoms with Crippen LogP contribution in [0, 0.1) is 6.92 Å². The third kappa shape index (κ3) is 1.57. The molecular formula is C18H20N2. The van der Waals surface area contributed by atoms with Gasteiger partial charge >= 0.3 is 0 Å². The van der Waals surface area contributed by atoms with E-state index in [1.165, 1.54) is 22.5 Å². The third-order valence-electron chi connectivity index (χ3n) is 4.80. The Morgan fingerprint density at radius 2 is 1.65 bits per heavy atom. The van der Waals surface area contributed by atoms with Crippen molar-refractivity contribution in [3.63, 3.8) is 0 Å². The first-order chi connectivity index (χ1) is 9.75. The van der Waals surface area contributed by atoms with E-state index >= 15 is 0 Å². The standard InChI is InChI=1S/C18H20N2/c1-13-7-3-5-9-17(13)20-14(2)19-12-16(20)11-15-8-4-6-10-18(15)19/h3-10,14,16H,11-12H2,1-2H3. The lowest BCUT2D eigenvalue weighted by atomic mass is 9.99. The number of anilines is 2. The van der Waals surface area contributed by atoms with Crippen LogP contribution in [0.3, 0.4) is 0 Å². The first-order valence-corrected chi connectivity index (χ1v) is 7.44. The maximum Gasteiger partial charge on any atom is 0.0991 e. The van der Waals surface area contributed by atoms with Gasteiger partial charge in [-0.3, -0.25) is 0 Å². The number of nitrogens with zero attached hydrogens (tertiary/aromatic N) is 2. The Morgan fingerprint density at radius 3 is 2.45 bits per heavy atom. The molecule has 4 rings (SSSR count). The van der Waals surface area contributed by atoms with Gasteiger partial charge in [0.1, 0.15) is 0 Å². The van der Waals surface area contributed by atoms with Crippen LogP contribution in [-0.2, 0) is 6.42 Å². The van der Waals surface area contributed by atoms with Gasteiger partial charge in [0.25, 0.3) is 0 Å². The highest BCUT2D eigenvalue weighted by molar-refractivity contribution is 5.66. The molecule has 0 saturated carbocycles. The molecule has 20 heavy (non-hydrogen) atoms. The largest absolute Gasteiger partial charge is 0.349 e. The van der Waals surface area contributed by atoms with Gasteiger partial charge in [0, 0.05) is 17.9 Å². The van der Waals surface area contributed by atoms with Crippen LogP contribution in [0.4, 0.5) is 11.4 Å². The van der Waals surface area contributed by atoms with Gasteiger partial charge in [-0.25, -0.2) is 0 Å². The lowest BCUT2D eigenvalue weighted by molar-refractivity contribution is 0.664. The number of para-hydroxylation sites is 2. The highest BCUT2D eigenvalue weighted by Crippen LogP contribution is 2.40. The molecular weight excluding hydrogens is 244 g/mol. The highest BCUT2D eigenvalue weighted by Gasteiger charge is 2.41. The van der Waals surface area contributed by atoms with Gasteiger partial charge in [0.05, 0.1) is 12.2 Å². The number of hydrogen-bond donors (Lipinski definition) is 0. The van der Waals surface area contributed by atoms with E-state index in [1.807, 2.05) is 0 Å². The monoisotopic (exact) mass is 264 g/mol. The molecule has 0 amide bonds. The van der Waals surface area contributed by atoms with E-state index in [4.69, 9.17) is 0 Å². The highest BCUT2D eigenvalue weighted by atomic mass is 15.4.